The Hall–Kier alpha value is -1.51. The molecule has 0 atom stereocenters. The summed E-state index contributed by atoms with van der Waals surface area (Å²) in [7, 11) is -3.69. The van der Waals surface area contributed by atoms with Gasteiger partial charge in [0.05, 0.1) is 6.61 Å². The molecule has 0 amide bonds. The topological polar surface area (TPSA) is 92.2 Å². The van der Waals surface area contributed by atoms with Gasteiger partial charge in [-0.2, -0.15) is 0 Å². The van der Waals surface area contributed by atoms with Crippen LogP contribution in [0.4, 0.5) is 5.95 Å². The van der Waals surface area contributed by atoms with E-state index in [2.05, 4.69) is 14.7 Å². The van der Waals surface area contributed by atoms with E-state index in [1.807, 2.05) is 0 Å². The molecule has 0 bridgehead atoms. The number of anilines is 1. The van der Waals surface area contributed by atoms with Gasteiger partial charge in [-0.3, -0.25) is 0 Å². The van der Waals surface area contributed by atoms with E-state index < -0.39 is 10.0 Å². The van der Waals surface area contributed by atoms with Crippen molar-refractivity contribution < 1.29 is 13.5 Å². The van der Waals surface area contributed by atoms with E-state index in [4.69, 9.17) is 5.11 Å². The lowest BCUT2D eigenvalue weighted by Gasteiger charge is -2.02. The van der Waals surface area contributed by atoms with E-state index >= 15 is 0 Å². The summed E-state index contributed by atoms with van der Waals surface area (Å²) in [4.78, 5) is 8.21. The molecule has 18 heavy (non-hydrogen) atoms. The Morgan fingerprint density at radius 1 is 1.39 bits per heavy atom. The second-order valence-corrected chi connectivity index (χ2v) is 6.55. The Bertz CT molecular complexity index is 638. The first-order chi connectivity index (χ1) is 8.53. The van der Waals surface area contributed by atoms with Crippen LogP contribution in [0.3, 0.4) is 0 Å². The molecule has 96 valence electrons. The van der Waals surface area contributed by atoms with Gasteiger partial charge in [0.2, 0.25) is 5.95 Å². The fourth-order valence-electron chi connectivity index (χ4n) is 1.30. The lowest BCUT2D eigenvalue weighted by Crippen LogP contribution is -2.13. The molecule has 0 spiro atoms. The quantitative estimate of drug-likeness (QED) is 0.878. The third kappa shape index (κ3) is 2.66. The van der Waals surface area contributed by atoms with Crippen molar-refractivity contribution in [2.75, 3.05) is 4.72 Å². The number of aliphatic hydroxyl groups excluding tert-OH is 1. The minimum atomic E-state index is -3.69. The summed E-state index contributed by atoms with van der Waals surface area (Å²) in [6.45, 7) is 1.58. The maximum absolute atomic E-state index is 12.0. The number of nitrogens with zero attached hydrogens (tertiary/aromatic N) is 2. The number of sulfonamides is 1. The van der Waals surface area contributed by atoms with Gasteiger partial charge < -0.3 is 5.11 Å². The van der Waals surface area contributed by atoms with Crippen molar-refractivity contribution in [2.24, 2.45) is 0 Å². The van der Waals surface area contributed by atoms with Gasteiger partial charge in [0.25, 0.3) is 10.0 Å². The summed E-state index contributed by atoms with van der Waals surface area (Å²) in [6.07, 6.45) is 2.90. The highest BCUT2D eigenvalue weighted by Gasteiger charge is 2.19. The van der Waals surface area contributed by atoms with Crippen molar-refractivity contribution in [2.45, 2.75) is 17.7 Å². The molecular weight excluding hydrogens is 274 g/mol. The van der Waals surface area contributed by atoms with Crippen LogP contribution in [0, 0.1) is 6.92 Å². The summed E-state index contributed by atoms with van der Waals surface area (Å²) >= 11 is 1.03. The molecule has 0 aliphatic rings. The van der Waals surface area contributed by atoms with Crippen molar-refractivity contribution in [1.29, 1.82) is 0 Å². The summed E-state index contributed by atoms with van der Waals surface area (Å²) in [6, 6.07) is 3.11. The number of hydrogen-bond acceptors (Lipinski definition) is 6. The lowest BCUT2D eigenvalue weighted by molar-refractivity contribution is 0.285. The summed E-state index contributed by atoms with van der Waals surface area (Å²) in [5, 5.41) is 9.06. The molecular formula is C10H11N3O3S2. The van der Waals surface area contributed by atoms with Crippen molar-refractivity contribution in [1.82, 2.24) is 9.97 Å². The largest absolute Gasteiger partial charge is 0.391 e. The number of aromatic nitrogens is 2. The maximum Gasteiger partial charge on any atom is 0.273 e. The van der Waals surface area contributed by atoms with E-state index in [-0.39, 0.29) is 16.8 Å². The number of rotatable bonds is 4. The fraction of sp³-hybridized carbons (Fsp3) is 0.200. The van der Waals surface area contributed by atoms with Crippen molar-refractivity contribution >= 4 is 27.3 Å². The average molecular weight is 285 g/mol. The van der Waals surface area contributed by atoms with Gasteiger partial charge in [0.1, 0.15) is 4.21 Å². The number of thiophene rings is 1. The monoisotopic (exact) mass is 285 g/mol. The van der Waals surface area contributed by atoms with Gasteiger partial charge in [-0.1, -0.05) is 0 Å². The normalized spacial score (nSPS) is 11.4. The zero-order chi connectivity index (χ0) is 13.2. The maximum atomic E-state index is 12.0. The molecule has 0 aliphatic heterocycles. The molecule has 0 saturated heterocycles. The number of aliphatic hydroxyl groups is 1. The first kappa shape index (κ1) is 12.9. The Morgan fingerprint density at radius 2 is 2.06 bits per heavy atom. The van der Waals surface area contributed by atoms with Crippen molar-refractivity contribution in [3.63, 3.8) is 0 Å². The number of nitrogens with one attached hydrogen (secondary N) is 1. The van der Waals surface area contributed by atoms with Crippen LogP contribution in [0.2, 0.25) is 0 Å². The fourth-order valence-corrected chi connectivity index (χ4v) is 3.71. The molecule has 0 aromatic carbocycles. The zero-order valence-electron chi connectivity index (χ0n) is 9.49. The SMILES string of the molecule is Cc1cc(S(=O)(=O)Nc2ncccn2)sc1CO. The Balaban J connectivity index is 2.31. The number of aryl methyl sites for hydroxylation is 1. The summed E-state index contributed by atoms with van der Waals surface area (Å²) < 4.78 is 26.5. The lowest BCUT2D eigenvalue weighted by atomic mass is 10.3. The van der Waals surface area contributed by atoms with Gasteiger partial charge in [-0.05, 0) is 24.6 Å². The highest BCUT2D eigenvalue weighted by atomic mass is 32.2. The van der Waals surface area contributed by atoms with Gasteiger partial charge in [-0.25, -0.2) is 23.1 Å². The van der Waals surface area contributed by atoms with E-state index in [9.17, 15) is 8.42 Å². The van der Waals surface area contributed by atoms with Crippen LogP contribution in [-0.2, 0) is 16.6 Å². The van der Waals surface area contributed by atoms with Gasteiger partial charge in [-0.15, -0.1) is 11.3 Å². The molecule has 0 unspecified atom stereocenters. The average Bonchev–Trinajstić information content (AvgIpc) is 2.72. The Morgan fingerprint density at radius 3 is 2.61 bits per heavy atom. The molecule has 0 radical (unpaired) electrons. The van der Waals surface area contributed by atoms with Crippen LogP contribution in [0.15, 0.2) is 28.7 Å². The highest BCUT2D eigenvalue weighted by Crippen LogP contribution is 2.26. The minimum absolute atomic E-state index is 0.0223. The molecule has 0 fully saturated rings. The molecule has 6 nitrogen and oxygen atoms in total. The third-order valence-corrected chi connectivity index (χ3v) is 5.22. The summed E-state index contributed by atoms with van der Waals surface area (Å²) in [5.41, 5.74) is 0.747. The zero-order valence-corrected chi connectivity index (χ0v) is 11.1. The van der Waals surface area contributed by atoms with Crippen molar-refractivity contribution in [3.8, 4) is 0 Å². The molecule has 2 rings (SSSR count). The Labute approximate surface area is 108 Å². The predicted octanol–water partition coefficient (Wildman–Crippen LogP) is 1.14. The predicted molar refractivity (Wildman–Crippen MR) is 67.8 cm³/mol. The van der Waals surface area contributed by atoms with E-state index in [0.29, 0.717) is 4.88 Å². The molecule has 8 heteroatoms. The molecule has 0 aliphatic carbocycles. The van der Waals surface area contributed by atoms with E-state index in [1.54, 1.807) is 13.0 Å². The second kappa shape index (κ2) is 5.01. The standard InChI is InChI=1S/C10H11N3O3S2/c1-7-5-9(17-8(7)6-14)18(15,16)13-10-11-3-2-4-12-10/h2-5,14H,6H2,1H3,(H,11,12,13). The second-order valence-electron chi connectivity index (χ2n) is 3.51. The van der Waals surface area contributed by atoms with Crippen LogP contribution in [0.5, 0.6) is 0 Å². The van der Waals surface area contributed by atoms with E-state index in [1.165, 1.54) is 18.5 Å². The Kier molecular flexibility index (Phi) is 3.60. The van der Waals surface area contributed by atoms with Crippen molar-refractivity contribution in [3.05, 3.63) is 35.0 Å². The third-order valence-electron chi connectivity index (χ3n) is 2.20. The molecule has 2 aromatic rings. The van der Waals surface area contributed by atoms with Crippen LogP contribution in [0.1, 0.15) is 10.4 Å². The van der Waals surface area contributed by atoms with Gasteiger partial charge >= 0.3 is 0 Å². The van der Waals surface area contributed by atoms with Gasteiger partial charge in [0, 0.05) is 17.3 Å². The first-order valence-corrected chi connectivity index (χ1v) is 7.33. The van der Waals surface area contributed by atoms with Crippen LogP contribution >= 0.6 is 11.3 Å². The van der Waals surface area contributed by atoms with Crippen LogP contribution in [0.25, 0.3) is 0 Å². The van der Waals surface area contributed by atoms with E-state index in [0.717, 1.165) is 16.9 Å². The minimum Gasteiger partial charge on any atom is -0.391 e. The molecule has 0 saturated carbocycles. The first-order valence-electron chi connectivity index (χ1n) is 5.03. The van der Waals surface area contributed by atoms with Crippen LogP contribution < -0.4 is 4.72 Å². The smallest absolute Gasteiger partial charge is 0.273 e. The van der Waals surface area contributed by atoms with Gasteiger partial charge in [0.15, 0.2) is 0 Å². The molecule has 2 heterocycles. The van der Waals surface area contributed by atoms with Crippen LogP contribution in [-0.4, -0.2) is 23.5 Å². The highest BCUT2D eigenvalue weighted by molar-refractivity contribution is 7.94. The molecule has 2 N–H and O–H groups in total. The number of hydrogen-bond donors (Lipinski definition) is 2. The molecule has 2 aromatic heterocycles. The summed E-state index contributed by atoms with van der Waals surface area (Å²) in [5.74, 6) is 0.0223.